The Kier molecular flexibility index (Phi) is 5.53. The molecule has 150 valence electrons. The highest BCUT2D eigenvalue weighted by atomic mass is 32.1. The Labute approximate surface area is 177 Å². The SMILES string of the molecule is CCOc1ccc(N2C(=S)N[C@@H](c3ccccn3)[C@H]2c2cccn2C(C)C)cc1. The van der Waals surface area contributed by atoms with E-state index in [1.54, 1.807) is 0 Å². The lowest BCUT2D eigenvalue weighted by molar-refractivity contribution is 0.340. The van der Waals surface area contributed by atoms with E-state index in [1.807, 2.05) is 37.4 Å². The van der Waals surface area contributed by atoms with Gasteiger partial charge in [-0.05, 0) is 81.5 Å². The van der Waals surface area contributed by atoms with Gasteiger partial charge in [0.2, 0.25) is 0 Å². The summed E-state index contributed by atoms with van der Waals surface area (Å²) in [6.07, 6.45) is 3.96. The molecule has 4 rings (SSSR count). The molecule has 2 atom stereocenters. The van der Waals surface area contributed by atoms with E-state index in [9.17, 15) is 0 Å². The van der Waals surface area contributed by atoms with Crippen LogP contribution in [-0.4, -0.2) is 21.3 Å². The van der Waals surface area contributed by atoms with Crippen molar-refractivity contribution in [3.8, 4) is 5.75 Å². The lowest BCUT2D eigenvalue weighted by Crippen LogP contribution is -2.30. The fourth-order valence-corrected chi connectivity index (χ4v) is 4.28. The molecular formula is C23H26N4OS. The molecule has 3 heterocycles. The molecule has 0 spiro atoms. The Morgan fingerprint density at radius 1 is 1.10 bits per heavy atom. The van der Waals surface area contributed by atoms with Gasteiger partial charge >= 0.3 is 0 Å². The zero-order chi connectivity index (χ0) is 20.4. The van der Waals surface area contributed by atoms with E-state index < -0.39 is 0 Å². The number of aromatic nitrogens is 2. The summed E-state index contributed by atoms with van der Waals surface area (Å²) in [6.45, 7) is 7.03. The van der Waals surface area contributed by atoms with Crippen LogP contribution >= 0.6 is 12.2 Å². The van der Waals surface area contributed by atoms with Crippen LogP contribution in [0.1, 0.15) is 50.3 Å². The molecule has 0 unspecified atom stereocenters. The lowest BCUT2D eigenvalue weighted by atomic mass is 10.0. The highest BCUT2D eigenvalue weighted by molar-refractivity contribution is 7.80. The minimum absolute atomic E-state index is 0.00672. The monoisotopic (exact) mass is 406 g/mol. The normalized spacial score (nSPS) is 18.9. The van der Waals surface area contributed by atoms with Crippen molar-refractivity contribution in [2.24, 2.45) is 0 Å². The summed E-state index contributed by atoms with van der Waals surface area (Å²) in [5.41, 5.74) is 3.22. The molecule has 1 N–H and O–H groups in total. The molecule has 1 aliphatic rings. The third kappa shape index (κ3) is 3.72. The zero-order valence-corrected chi connectivity index (χ0v) is 17.8. The Morgan fingerprint density at radius 3 is 2.55 bits per heavy atom. The number of thiocarbonyl (C=S) groups is 1. The molecular weight excluding hydrogens is 380 g/mol. The van der Waals surface area contributed by atoms with Gasteiger partial charge in [0.05, 0.1) is 18.3 Å². The van der Waals surface area contributed by atoms with Crippen molar-refractivity contribution >= 4 is 23.0 Å². The number of rotatable bonds is 6. The van der Waals surface area contributed by atoms with E-state index >= 15 is 0 Å². The fraction of sp³-hybridized carbons (Fsp3) is 0.304. The predicted octanol–water partition coefficient (Wildman–Crippen LogP) is 5.04. The first-order chi connectivity index (χ1) is 14.1. The van der Waals surface area contributed by atoms with E-state index in [4.69, 9.17) is 17.0 Å². The molecule has 0 aliphatic carbocycles. The molecule has 5 nitrogen and oxygen atoms in total. The number of hydrogen-bond acceptors (Lipinski definition) is 3. The Balaban J connectivity index is 1.80. The van der Waals surface area contributed by atoms with Crippen LogP contribution in [-0.2, 0) is 0 Å². The molecule has 6 heteroatoms. The van der Waals surface area contributed by atoms with Crippen LogP contribution in [0.5, 0.6) is 5.75 Å². The lowest BCUT2D eigenvalue weighted by Gasteiger charge is -2.30. The van der Waals surface area contributed by atoms with Crippen LogP contribution in [0.15, 0.2) is 67.0 Å². The molecule has 1 fully saturated rings. The smallest absolute Gasteiger partial charge is 0.174 e. The molecule has 1 aromatic carbocycles. The van der Waals surface area contributed by atoms with Gasteiger partial charge in [-0.25, -0.2) is 0 Å². The Hall–Kier alpha value is -2.86. The minimum atomic E-state index is -0.0392. The molecule has 0 amide bonds. The van der Waals surface area contributed by atoms with Crippen LogP contribution < -0.4 is 15.0 Å². The second-order valence-electron chi connectivity index (χ2n) is 7.36. The maximum atomic E-state index is 5.79. The number of benzene rings is 1. The first-order valence-electron chi connectivity index (χ1n) is 10.0. The minimum Gasteiger partial charge on any atom is -0.494 e. The van der Waals surface area contributed by atoms with Gasteiger partial charge in [-0.2, -0.15) is 0 Å². The van der Waals surface area contributed by atoms with Gasteiger partial charge in [0.1, 0.15) is 11.8 Å². The second kappa shape index (κ2) is 8.25. The van der Waals surface area contributed by atoms with Crippen LogP contribution in [0.25, 0.3) is 0 Å². The van der Waals surface area contributed by atoms with Gasteiger partial charge in [0.15, 0.2) is 5.11 Å². The van der Waals surface area contributed by atoms with E-state index in [0.717, 1.165) is 17.1 Å². The van der Waals surface area contributed by atoms with E-state index in [0.29, 0.717) is 17.8 Å². The molecule has 0 saturated carbocycles. The second-order valence-corrected chi connectivity index (χ2v) is 7.74. The third-order valence-electron chi connectivity index (χ3n) is 5.20. The first kappa shape index (κ1) is 19.5. The van der Waals surface area contributed by atoms with Gasteiger partial charge in [-0.3, -0.25) is 4.98 Å². The molecule has 2 aromatic heterocycles. The summed E-state index contributed by atoms with van der Waals surface area (Å²) >= 11 is 5.79. The number of nitrogens with zero attached hydrogens (tertiary/aromatic N) is 3. The molecule has 0 radical (unpaired) electrons. The summed E-state index contributed by atoms with van der Waals surface area (Å²) in [5.74, 6) is 0.859. The van der Waals surface area contributed by atoms with Crippen molar-refractivity contribution in [1.29, 1.82) is 0 Å². The number of pyridine rings is 1. The highest BCUT2D eigenvalue weighted by Gasteiger charge is 2.42. The molecule has 0 bridgehead atoms. The van der Waals surface area contributed by atoms with Gasteiger partial charge in [-0.15, -0.1) is 0 Å². The molecule has 1 saturated heterocycles. The van der Waals surface area contributed by atoms with E-state index in [1.165, 1.54) is 5.69 Å². The van der Waals surface area contributed by atoms with Crippen LogP contribution in [0, 0.1) is 0 Å². The van der Waals surface area contributed by atoms with Crippen molar-refractivity contribution in [2.45, 2.75) is 38.9 Å². The van der Waals surface area contributed by atoms with Crippen LogP contribution in [0.2, 0.25) is 0 Å². The van der Waals surface area contributed by atoms with Gasteiger partial charge in [0.25, 0.3) is 0 Å². The highest BCUT2D eigenvalue weighted by Crippen LogP contribution is 2.42. The quantitative estimate of drug-likeness (QED) is 0.581. The average Bonchev–Trinajstić information content (AvgIpc) is 3.34. The molecule has 29 heavy (non-hydrogen) atoms. The Bertz CT molecular complexity index is 968. The maximum absolute atomic E-state index is 5.79. The van der Waals surface area contributed by atoms with Crippen molar-refractivity contribution in [3.05, 3.63) is 78.4 Å². The standard InChI is InChI=1S/C23H26N4OS/c1-4-28-18-12-10-17(11-13-18)27-22(20-9-7-15-26(20)16(2)3)21(25-23(27)29)19-8-5-6-14-24-19/h5-16,21-22H,4H2,1-3H3,(H,25,29)/t21-,22+/m0/s1. The van der Waals surface area contributed by atoms with E-state index in [-0.39, 0.29) is 12.1 Å². The van der Waals surface area contributed by atoms with E-state index in [2.05, 4.69) is 70.1 Å². The number of hydrogen-bond donors (Lipinski definition) is 1. The van der Waals surface area contributed by atoms with Crippen LogP contribution in [0.4, 0.5) is 5.69 Å². The summed E-state index contributed by atoms with van der Waals surface area (Å²) in [6, 6.07) is 18.7. The molecule has 1 aliphatic heterocycles. The van der Waals surface area contributed by atoms with Gasteiger partial charge in [0, 0.05) is 29.8 Å². The number of anilines is 1. The van der Waals surface area contributed by atoms with Crippen LogP contribution in [0.3, 0.4) is 0 Å². The number of ether oxygens (including phenoxy) is 1. The topological polar surface area (TPSA) is 42.3 Å². The molecule has 3 aromatic rings. The van der Waals surface area contributed by atoms with Crippen molar-refractivity contribution in [3.63, 3.8) is 0 Å². The predicted molar refractivity (Wildman–Crippen MR) is 120 cm³/mol. The average molecular weight is 407 g/mol. The Morgan fingerprint density at radius 2 is 1.90 bits per heavy atom. The summed E-state index contributed by atoms with van der Waals surface area (Å²) in [5, 5.41) is 4.21. The van der Waals surface area contributed by atoms with Gasteiger partial charge in [-0.1, -0.05) is 6.07 Å². The van der Waals surface area contributed by atoms with Crippen molar-refractivity contribution < 1.29 is 4.74 Å². The zero-order valence-electron chi connectivity index (χ0n) is 16.9. The van der Waals surface area contributed by atoms with Crippen molar-refractivity contribution in [2.75, 3.05) is 11.5 Å². The summed E-state index contributed by atoms with van der Waals surface area (Å²) in [7, 11) is 0. The largest absolute Gasteiger partial charge is 0.494 e. The van der Waals surface area contributed by atoms with Gasteiger partial charge < -0.3 is 19.5 Å². The first-order valence-corrected chi connectivity index (χ1v) is 10.4. The summed E-state index contributed by atoms with van der Waals surface area (Å²) < 4.78 is 7.91. The maximum Gasteiger partial charge on any atom is 0.174 e. The third-order valence-corrected chi connectivity index (χ3v) is 5.51. The summed E-state index contributed by atoms with van der Waals surface area (Å²) in [4.78, 5) is 6.81. The number of nitrogens with one attached hydrogen (secondary N) is 1. The van der Waals surface area contributed by atoms with Crippen molar-refractivity contribution in [1.82, 2.24) is 14.9 Å². The fourth-order valence-electron chi connectivity index (χ4n) is 3.93.